The van der Waals surface area contributed by atoms with Gasteiger partial charge in [0.25, 0.3) is 0 Å². The minimum atomic E-state index is -1.43. The Labute approximate surface area is 108 Å². The third-order valence-corrected chi connectivity index (χ3v) is 3.31. The number of halogens is 4. The van der Waals surface area contributed by atoms with Gasteiger partial charge in [-0.2, -0.15) is 0 Å². The topological polar surface area (TPSA) is 12.4 Å². The molecule has 0 radical (unpaired) electrons. The minimum Gasteiger partial charge on any atom is -0.296 e. The monoisotopic (exact) mass is 273 g/mol. The van der Waals surface area contributed by atoms with Crippen LogP contribution in [0.4, 0.5) is 13.2 Å². The van der Waals surface area contributed by atoms with Crippen molar-refractivity contribution in [1.29, 1.82) is 0 Å². The number of nitrogens with zero attached hydrogens (tertiary/aromatic N) is 1. The molecule has 0 aromatic heterocycles. The number of rotatable bonds is 3. The molecule has 2 atom stereocenters. The highest BCUT2D eigenvalue weighted by Crippen LogP contribution is 2.51. The summed E-state index contributed by atoms with van der Waals surface area (Å²) in [6.45, 7) is 0. The highest BCUT2D eigenvalue weighted by atomic mass is 35.5. The van der Waals surface area contributed by atoms with Crippen molar-refractivity contribution in [1.82, 2.24) is 0 Å². The first kappa shape index (κ1) is 13.1. The summed E-state index contributed by atoms with van der Waals surface area (Å²) in [4.78, 5) is 3.86. The Bertz CT molecular complexity index is 502. The van der Waals surface area contributed by atoms with Crippen LogP contribution in [0.25, 0.3) is 0 Å². The van der Waals surface area contributed by atoms with Gasteiger partial charge in [-0.15, -0.1) is 0 Å². The molecule has 1 aliphatic rings. The summed E-state index contributed by atoms with van der Waals surface area (Å²) >= 11 is 5.66. The summed E-state index contributed by atoms with van der Waals surface area (Å²) in [6.07, 6.45) is 2.35. The van der Waals surface area contributed by atoms with Crippen molar-refractivity contribution in [3.05, 3.63) is 46.3 Å². The van der Waals surface area contributed by atoms with Crippen LogP contribution in [0.3, 0.4) is 0 Å². The SMILES string of the molecule is C/N=C\C(=C/Cl)C1CC1c1cc(F)c(F)c(F)c1. The van der Waals surface area contributed by atoms with E-state index in [0.29, 0.717) is 5.56 Å². The molecule has 0 aliphatic heterocycles. The van der Waals surface area contributed by atoms with Crippen LogP contribution in [0.5, 0.6) is 0 Å². The molecule has 2 unspecified atom stereocenters. The lowest BCUT2D eigenvalue weighted by molar-refractivity contribution is 0.445. The predicted octanol–water partition coefficient (Wildman–Crippen LogP) is 4.03. The smallest absolute Gasteiger partial charge is 0.194 e. The molecule has 1 fully saturated rings. The van der Waals surface area contributed by atoms with E-state index in [1.165, 1.54) is 5.54 Å². The summed E-state index contributed by atoms with van der Waals surface area (Å²) < 4.78 is 39.0. The van der Waals surface area contributed by atoms with Gasteiger partial charge in [-0.25, -0.2) is 13.2 Å². The van der Waals surface area contributed by atoms with Crippen molar-refractivity contribution >= 4 is 17.8 Å². The maximum atomic E-state index is 13.1. The fourth-order valence-electron chi connectivity index (χ4n) is 2.07. The predicted molar refractivity (Wildman–Crippen MR) is 65.5 cm³/mol. The summed E-state index contributed by atoms with van der Waals surface area (Å²) in [7, 11) is 1.62. The van der Waals surface area contributed by atoms with Gasteiger partial charge in [0, 0.05) is 18.8 Å². The molecule has 96 valence electrons. The fraction of sp³-hybridized carbons (Fsp3) is 0.308. The zero-order valence-electron chi connectivity index (χ0n) is 9.63. The van der Waals surface area contributed by atoms with Crippen LogP contribution in [0.1, 0.15) is 17.9 Å². The van der Waals surface area contributed by atoms with E-state index in [-0.39, 0.29) is 11.8 Å². The second kappa shape index (κ2) is 5.14. The molecule has 0 saturated heterocycles. The largest absolute Gasteiger partial charge is 0.296 e. The summed E-state index contributed by atoms with van der Waals surface area (Å²) in [5.74, 6) is -3.68. The molecule has 0 spiro atoms. The molecule has 1 aliphatic carbocycles. The number of hydrogen-bond donors (Lipinski definition) is 0. The molecular weight excluding hydrogens is 263 g/mol. The van der Waals surface area contributed by atoms with Crippen LogP contribution < -0.4 is 0 Å². The fourth-order valence-corrected chi connectivity index (χ4v) is 2.29. The van der Waals surface area contributed by atoms with Gasteiger partial charge < -0.3 is 0 Å². The molecule has 1 aromatic rings. The Morgan fingerprint density at radius 3 is 2.44 bits per heavy atom. The molecule has 2 rings (SSSR count). The zero-order valence-corrected chi connectivity index (χ0v) is 10.4. The van der Waals surface area contributed by atoms with E-state index in [2.05, 4.69) is 4.99 Å². The average molecular weight is 274 g/mol. The number of allylic oxidation sites excluding steroid dienone is 1. The van der Waals surface area contributed by atoms with Crippen molar-refractivity contribution in [3.8, 4) is 0 Å². The van der Waals surface area contributed by atoms with Crippen LogP contribution >= 0.6 is 11.6 Å². The van der Waals surface area contributed by atoms with Crippen molar-refractivity contribution in [2.24, 2.45) is 10.9 Å². The summed E-state index contributed by atoms with van der Waals surface area (Å²) in [6, 6.07) is 2.08. The van der Waals surface area contributed by atoms with Gasteiger partial charge >= 0.3 is 0 Å². The Hall–Kier alpha value is -1.29. The molecule has 1 saturated carbocycles. The van der Waals surface area contributed by atoms with E-state index < -0.39 is 17.5 Å². The Morgan fingerprint density at radius 2 is 1.94 bits per heavy atom. The average Bonchev–Trinajstić information content (AvgIpc) is 3.12. The number of aliphatic imine (C=N–C) groups is 1. The molecule has 5 heteroatoms. The second-order valence-electron chi connectivity index (χ2n) is 4.24. The van der Waals surface area contributed by atoms with Gasteiger partial charge in [0.05, 0.1) is 0 Å². The van der Waals surface area contributed by atoms with Crippen LogP contribution in [-0.2, 0) is 0 Å². The lowest BCUT2D eigenvalue weighted by atomic mass is 10.1. The van der Waals surface area contributed by atoms with Gasteiger partial charge in [0.15, 0.2) is 17.5 Å². The van der Waals surface area contributed by atoms with E-state index in [9.17, 15) is 13.2 Å². The first-order chi connectivity index (χ1) is 8.58. The summed E-state index contributed by atoms with van der Waals surface area (Å²) in [5.41, 5.74) is 2.68. The Morgan fingerprint density at radius 1 is 1.33 bits per heavy atom. The maximum absolute atomic E-state index is 13.1. The van der Waals surface area contributed by atoms with Crippen LogP contribution in [0, 0.1) is 23.4 Å². The van der Waals surface area contributed by atoms with Crippen molar-refractivity contribution in [2.45, 2.75) is 12.3 Å². The van der Waals surface area contributed by atoms with E-state index in [1.807, 2.05) is 0 Å². The Kier molecular flexibility index (Phi) is 3.76. The van der Waals surface area contributed by atoms with Crippen LogP contribution in [-0.4, -0.2) is 13.3 Å². The molecule has 1 nitrogen and oxygen atoms in total. The lowest BCUT2D eigenvalue weighted by Gasteiger charge is -2.03. The molecular formula is C13H11ClF3N. The van der Waals surface area contributed by atoms with E-state index in [1.54, 1.807) is 13.3 Å². The van der Waals surface area contributed by atoms with Gasteiger partial charge in [-0.3, -0.25) is 4.99 Å². The number of hydrogen-bond acceptors (Lipinski definition) is 1. The molecule has 0 heterocycles. The molecule has 0 amide bonds. The molecule has 0 bridgehead atoms. The molecule has 18 heavy (non-hydrogen) atoms. The second-order valence-corrected chi connectivity index (χ2v) is 4.46. The highest BCUT2D eigenvalue weighted by molar-refractivity contribution is 6.27. The number of benzene rings is 1. The van der Waals surface area contributed by atoms with Gasteiger partial charge in [-0.05, 0) is 41.5 Å². The van der Waals surface area contributed by atoms with Gasteiger partial charge in [0.1, 0.15) is 0 Å². The van der Waals surface area contributed by atoms with E-state index in [0.717, 1.165) is 24.1 Å². The summed E-state index contributed by atoms with van der Waals surface area (Å²) in [5, 5.41) is 0. The van der Waals surface area contributed by atoms with Gasteiger partial charge in [0.2, 0.25) is 0 Å². The molecule has 0 N–H and O–H groups in total. The van der Waals surface area contributed by atoms with Crippen molar-refractivity contribution in [3.63, 3.8) is 0 Å². The zero-order chi connectivity index (χ0) is 13.3. The normalized spacial score (nSPS) is 23.7. The van der Waals surface area contributed by atoms with Gasteiger partial charge in [-0.1, -0.05) is 11.6 Å². The van der Waals surface area contributed by atoms with Crippen LogP contribution in [0.2, 0.25) is 0 Å². The minimum absolute atomic E-state index is 0.0300. The van der Waals surface area contributed by atoms with Crippen LogP contribution in [0.15, 0.2) is 28.2 Å². The molecule has 1 aromatic carbocycles. The quantitative estimate of drug-likeness (QED) is 0.582. The standard InChI is InChI=1S/C13H11ClF3N/c1-18-6-8(5-14)10-4-9(10)7-2-11(15)13(17)12(16)3-7/h2-3,5-6,9-10H,4H2,1H3/b8-5+,18-6-. The lowest BCUT2D eigenvalue weighted by Crippen LogP contribution is -1.96. The van der Waals surface area contributed by atoms with Crippen molar-refractivity contribution in [2.75, 3.05) is 7.05 Å². The highest BCUT2D eigenvalue weighted by Gasteiger charge is 2.41. The van der Waals surface area contributed by atoms with E-state index in [4.69, 9.17) is 11.6 Å². The van der Waals surface area contributed by atoms with E-state index >= 15 is 0 Å². The first-order valence-corrected chi connectivity index (χ1v) is 5.89. The first-order valence-electron chi connectivity index (χ1n) is 5.45. The van der Waals surface area contributed by atoms with Crippen molar-refractivity contribution < 1.29 is 13.2 Å². The maximum Gasteiger partial charge on any atom is 0.194 e. The third-order valence-electron chi connectivity index (χ3n) is 3.06. The third kappa shape index (κ3) is 2.43. The Balaban J connectivity index is 2.22.